The summed E-state index contributed by atoms with van der Waals surface area (Å²) in [5.41, 5.74) is 0. The largest absolute Gasteiger partial charge is 0.464 e. The van der Waals surface area contributed by atoms with Crippen LogP contribution >= 0.6 is 0 Å². The van der Waals surface area contributed by atoms with Gasteiger partial charge in [-0.25, -0.2) is 0 Å². The van der Waals surface area contributed by atoms with Gasteiger partial charge in [-0.2, -0.15) is 0 Å². The second kappa shape index (κ2) is 5.78. The van der Waals surface area contributed by atoms with Crippen molar-refractivity contribution in [2.75, 3.05) is 20.6 Å². The molecular weight excluding hydrogens is 240 g/mol. The molecule has 0 bridgehead atoms. The standard InChI is InChI=1S/C15H24N2O2/c1-11-5-8-14(19-11)9-17(4)15(18)10-16(3)12(2)13-6-7-13/h5,8,12-13H,6-7,9-10H2,1-4H3. The topological polar surface area (TPSA) is 36.7 Å². The molecule has 1 aromatic rings. The highest BCUT2D eigenvalue weighted by Crippen LogP contribution is 2.34. The normalized spacial score (nSPS) is 16.7. The predicted octanol–water partition coefficient (Wildman–Crippen LogP) is 2.28. The molecule has 1 aromatic heterocycles. The van der Waals surface area contributed by atoms with Crippen LogP contribution in [0.1, 0.15) is 31.3 Å². The lowest BCUT2D eigenvalue weighted by molar-refractivity contribution is -0.132. The molecule has 0 aromatic carbocycles. The van der Waals surface area contributed by atoms with Crippen molar-refractivity contribution in [2.24, 2.45) is 5.92 Å². The molecule has 19 heavy (non-hydrogen) atoms. The molecule has 2 rings (SSSR count). The molecule has 1 heterocycles. The fraction of sp³-hybridized carbons (Fsp3) is 0.667. The molecule has 0 spiro atoms. The fourth-order valence-electron chi connectivity index (χ4n) is 2.31. The molecular formula is C15H24N2O2. The van der Waals surface area contributed by atoms with Gasteiger partial charge in [0, 0.05) is 13.1 Å². The monoisotopic (exact) mass is 264 g/mol. The van der Waals surface area contributed by atoms with E-state index in [-0.39, 0.29) is 5.91 Å². The molecule has 0 N–H and O–H groups in total. The smallest absolute Gasteiger partial charge is 0.236 e. The third kappa shape index (κ3) is 3.83. The third-order valence-corrected chi connectivity index (χ3v) is 4.00. The number of furan rings is 1. The molecule has 1 unspecified atom stereocenters. The molecule has 1 saturated carbocycles. The van der Waals surface area contributed by atoms with Crippen LogP contribution in [-0.2, 0) is 11.3 Å². The molecule has 1 atom stereocenters. The number of rotatable bonds is 6. The summed E-state index contributed by atoms with van der Waals surface area (Å²) in [6.45, 7) is 5.14. The maximum atomic E-state index is 12.2. The number of amides is 1. The summed E-state index contributed by atoms with van der Waals surface area (Å²) < 4.78 is 5.50. The molecule has 1 fully saturated rings. The van der Waals surface area contributed by atoms with Crippen molar-refractivity contribution in [3.63, 3.8) is 0 Å². The van der Waals surface area contributed by atoms with E-state index in [4.69, 9.17) is 4.42 Å². The van der Waals surface area contributed by atoms with Crippen LogP contribution in [0.5, 0.6) is 0 Å². The molecule has 1 amide bonds. The van der Waals surface area contributed by atoms with Gasteiger partial charge in [-0.15, -0.1) is 0 Å². The Hall–Kier alpha value is -1.29. The summed E-state index contributed by atoms with van der Waals surface area (Å²) >= 11 is 0. The number of carbonyl (C=O) groups is 1. The van der Waals surface area contributed by atoms with Gasteiger partial charge in [0.2, 0.25) is 5.91 Å². The van der Waals surface area contributed by atoms with Crippen molar-refractivity contribution in [3.8, 4) is 0 Å². The SMILES string of the molecule is Cc1ccc(CN(C)C(=O)CN(C)C(C)C2CC2)o1. The summed E-state index contributed by atoms with van der Waals surface area (Å²) in [6, 6.07) is 4.35. The first-order valence-electron chi connectivity index (χ1n) is 6.97. The predicted molar refractivity (Wildman–Crippen MR) is 74.7 cm³/mol. The van der Waals surface area contributed by atoms with Crippen LogP contribution in [0.15, 0.2) is 16.5 Å². The van der Waals surface area contributed by atoms with Crippen molar-refractivity contribution in [1.82, 2.24) is 9.80 Å². The average Bonchev–Trinajstić information content (AvgIpc) is 3.12. The Morgan fingerprint density at radius 3 is 2.63 bits per heavy atom. The van der Waals surface area contributed by atoms with Crippen LogP contribution in [0.4, 0.5) is 0 Å². The second-order valence-corrected chi connectivity index (χ2v) is 5.76. The molecule has 0 saturated heterocycles. The Kier molecular flexibility index (Phi) is 4.30. The van der Waals surface area contributed by atoms with E-state index >= 15 is 0 Å². The zero-order chi connectivity index (χ0) is 14.0. The maximum Gasteiger partial charge on any atom is 0.236 e. The highest BCUT2D eigenvalue weighted by molar-refractivity contribution is 5.77. The number of aryl methyl sites for hydroxylation is 1. The van der Waals surface area contributed by atoms with E-state index in [1.807, 2.05) is 33.2 Å². The number of hydrogen-bond donors (Lipinski definition) is 0. The fourth-order valence-corrected chi connectivity index (χ4v) is 2.31. The first-order valence-corrected chi connectivity index (χ1v) is 6.97. The Morgan fingerprint density at radius 1 is 1.42 bits per heavy atom. The second-order valence-electron chi connectivity index (χ2n) is 5.76. The van der Waals surface area contributed by atoms with Gasteiger partial charge in [0.25, 0.3) is 0 Å². The zero-order valence-corrected chi connectivity index (χ0v) is 12.3. The lowest BCUT2D eigenvalue weighted by Crippen LogP contribution is -2.40. The van der Waals surface area contributed by atoms with Crippen LogP contribution in [0.2, 0.25) is 0 Å². The highest BCUT2D eigenvalue weighted by Gasteiger charge is 2.31. The van der Waals surface area contributed by atoms with Crippen molar-refractivity contribution in [1.29, 1.82) is 0 Å². The van der Waals surface area contributed by atoms with Crippen molar-refractivity contribution >= 4 is 5.91 Å². The van der Waals surface area contributed by atoms with E-state index in [9.17, 15) is 4.79 Å². The van der Waals surface area contributed by atoms with Crippen molar-refractivity contribution < 1.29 is 9.21 Å². The van der Waals surface area contributed by atoms with Gasteiger partial charge in [-0.3, -0.25) is 9.69 Å². The summed E-state index contributed by atoms with van der Waals surface area (Å²) in [5.74, 6) is 2.65. The molecule has 1 aliphatic carbocycles. The van der Waals surface area contributed by atoms with E-state index in [1.54, 1.807) is 4.90 Å². The van der Waals surface area contributed by atoms with E-state index in [2.05, 4.69) is 11.8 Å². The van der Waals surface area contributed by atoms with Crippen LogP contribution in [-0.4, -0.2) is 42.4 Å². The Bertz CT molecular complexity index is 437. The minimum atomic E-state index is 0.143. The summed E-state index contributed by atoms with van der Waals surface area (Å²) in [7, 11) is 3.86. The number of likely N-dealkylation sites (N-methyl/N-ethyl adjacent to an activating group) is 2. The minimum absolute atomic E-state index is 0.143. The minimum Gasteiger partial charge on any atom is -0.464 e. The van der Waals surface area contributed by atoms with Crippen molar-refractivity contribution in [2.45, 2.75) is 39.3 Å². The van der Waals surface area contributed by atoms with Gasteiger partial charge in [-0.05, 0) is 51.8 Å². The van der Waals surface area contributed by atoms with Crippen molar-refractivity contribution in [3.05, 3.63) is 23.7 Å². The van der Waals surface area contributed by atoms with E-state index < -0.39 is 0 Å². The lowest BCUT2D eigenvalue weighted by Gasteiger charge is -2.26. The molecule has 106 valence electrons. The average molecular weight is 264 g/mol. The number of carbonyl (C=O) groups excluding carboxylic acids is 1. The van der Waals surface area contributed by atoms with Gasteiger partial charge < -0.3 is 9.32 Å². The maximum absolute atomic E-state index is 12.2. The van der Waals surface area contributed by atoms with Crippen LogP contribution < -0.4 is 0 Å². The van der Waals surface area contributed by atoms with E-state index in [0.717, 1.165) is 17.4 Å². The molecule has 0 aliphatic heterocycles. The van der Waals surface area contributed by atoms with Crippen LogP contribution in [0.3, 0.4) is 0 Å². The first kappa shape index (κ1) is 14.1. The highest BCUT2D eigenvalue weighted by atomic mass is 16.3. The lowest BCUT2D eigenvalue weighted by atomic mass is 10.2. The quantitative estimate of drug-likeness (QED) is 0.791. The zero-order valence-electron chi connectivity index (χ0n) is 12.3. The Morgan fingerprint density at radius 2 is 2.11 bits per heavy atom. The van der Waals surface area contributed by atoms with Crippen LogP contribution in [0.25, 0.3) is 0 Å². The number of hydrogen-bond acceptors (Lipinski definition) is 3. The van der Waals surface area contributed by atoms with Gasteiger partial charge >= 0.3 is 0 Å². The van der Waals surface area contributed by atoms with Gasteiger partial charge in [-0.1, -0.05) is 0 Å². The summed E-state index contributed by atoms with van der Waals surface area (Å²) in [6.07, 6.45) is 2.61. The summed E-state index contributed by atoms with van der Waals surface area (Å²) in [5, 5.41) is 0. The van der Waals surface area contributed by atoms with Gasteiger partial charge in [0.1, 0.15) is 11.5 Å². The number of nitrogens with zero attached hydrogens (tertiary/aromatic N) is 2. The first-order chi connectivity index (χ1) is 8.97. The molecule has 0 radical (unpaired) electrons. The van der Waals surface area contributed by atoms with Crippen LogP contribution in [0, 0.1) is 12.8 Å². The van der Waals surface area contributed by atoms with Gasteiger partial charge in [0.05, 0.1) is 13.1 Å². The third-order valence-electron chi connectivity index (χ3n) is 4.00. The Labute approximate surface area is 115 Å². The van der Waals surface area contributed by atoms with E-state index in [0.29, 0.717) is 19.1 Å². The molecule has 1 aliphatic rings. The van der Waals surface area contributed by atoms with E-state index in [1.165, 1.54) is 12.8 Å². The van der Waals surface area contributed by atoms with Gasteiger partial charge in [0.15, 0.2) is 0 Å². The molecule has 4 heteroatoms. The Balaban J connectivity index is 1.81. The summed E-state index contributed by atoms with van der Waals surface area (Å²) in [4.78, 5) is 16.0. The molecule has 4 nitrogen and oxygen atoms in total.